The molecule has 0 unspecified atom stereocenters. The molecule has 0 spiro atoms. The molecular formula is C13H17N3O2S. The van der Waals surface area contributed by atoms with Crippen LogP contribution in [0.3, 0.4) is 0 Å². The van der Waals surface area contributed by atoms with Gasteiger partial charge in [0.25, 0.3) is 0 Å². The molecule has 0 saturated carbocycles. The number of hydrogen-bond donors (Lipinski definition) is 1. The van der Waals surface area contributed by atoms with Gasteiger partial charge in [-0.15, -0.1) is 0 Å². The number of anilines is 1. The molecule has 0 aliphatic carbocycles. The molecular weight excluding hydrogens is 262 g/mol. The first-order valence-electron chi connectivity index (χ1n) is 6.11. The van der Waals surface area contributed by atoms with Crippen molar-refractivity contribution in [1.29, 1.82) is 5.26 Å². The maximum atomic E-state index is 11.0. The van der Waals surface area contributed by atoms with Crippen molar-refractivity contribution in [2.24, 2.45) is 0 Å². The highest BCUT2D eigenvalue weighted by Crippen LogP contribution is 2.27. The molecule has 0 atom stereocenters. The Morgan fingerprint density at radius 3 is 2.84 bits per heavy atom. The van der Waals surface area contributed by atoms with Crippen LogP contribution in [0.15, 0.2) is 18.2 Å². The molecule has 0 fully saturated rings. The Kier molecular flexibility index (Phi) is 6.75. The van der Waals surface area contributed by atoms with Gasteiger partial charge in [0.1, 0.15) is 17.3 Å². The first kappa shape index (κ1) is 15.3. The van der Waals surface area contributed by atoms with Crippen molar-refractivity contribution < 1.29 is 4.92 Å². The molecule has 0 aliphatic heterocycles. The van der Waals surface area contributed by atoms with Gasteiger partial charge in [-0.3, -0.25) is 10.1 Å². The number of para-hydroxylation sites is 1. The lowest BCUT2D eigenvalue weighted by Gasteiger charge is -2.07. The van der Waals surface area contributed by atoms with Crippen LogP contribution in [-0.4, -0.2) is 23.5 Å². The van der Waals surface area contributed by atoms with Crippen molar-refractivity contribution >= 4 is 23.1 Å². The number of nitro groups is 1. The number of nitro benzene ring substituents is 1. The number of nitrogens with one attached hydrogen (secondary N) is 1. The quantitative estimate of drug-likeness (QED) is 0.448. The summed E-state index contributed by atoms with van der Waals surface area (Å²) in [5.41, 5.74) is 0.389. The molecule has 0 amide bonds. The maximum Gasteiger partial charge on any atom is 0.309 e. The normalized spacial score (nSPS) is 9.89. The largest absolute Gasteiger partial charge is 0.379 e. The first-order chi connectivity index (χ1) is 9.20. The standard InChI is InChI=1S/C13H17N3O2S/c1-19-9-4-2-3-8-15-12-7-5-6-11(10-14)13(12)16(17)18/h5-7,15H,2-4,8-9H2,1H3. The SMILES string of the molecule is CSCCCCCNc1cccc(C#N)c1[N+](=O)[O-]. The summed E-state index contributed by atoms with van der Waals surface area (Å²) in [4.78, 5) is 10.5. The Labute approximate surface area is 117 Å². The predicted molar refractivity (Wildman–Crippen MR) is 78.5 cm³/mol. The molecule has 0 aliphatic rings. The zero-order valence-electron chi connectivity index (χ0n) is 10.9. The molecule has 0 heterocycles. The van der Waals surface area contributed by atoms with Crippen LogP contribution in [0.4, 0.5) is 11.4 Å². The molecule has 6 heteroatoms. The van der Waals surface area contributed by atoms with Crippen LogP contribution in [-0.2, 0) is 0 Å². The molecule has 102 valence electrons. The van der Waals surface area contributed by atoms with E-state index in [4.69, 9.17) is 5.26 Å². The number of nitriles is 1. The molecule has 5 nitrogen and oxygen atoms in total. The number of unbranched alkanes of at least 4 members (excludes halogenated alkanes) is 2. The Morgan fingerprint density at radius 1 is 1.42 bits per heavy atom. The molecule has 1 aromatic rings. The predicted octanol–water partition coefficient (Wildman–Crippen LogP) is 3.41. The highest BCUT2D eigenvalue weighted by atomic mass is 32.2. The number of thioether (sulfide) groups is 1. The monoisotopic (exact) mass is 279 g/mol. The summed E-state index contributed by atoms with van der Waals surface area (Å²) in [6.45, 7) is 0.685. The van der Waals surface area contributed by atoms with Crippen molar-refractivity contribution in [2.45, 2.75) is 19.3 Å². The van der Waals surface area contributed by atoms with Crippen LogP contribution in [0, 0.1) is 21.4 Å². The van der Waals surface area contributed by atoms with Gasteiger partial charge in [0.15, 0.2) is 0 Å². The van der Waals surface area contributed by atoms with Gasteiger partial charge >= 0.3 is 5.69 Å². The van der Waals surface area contributed by atoms with Crippen molar-refractivity contribution in [1.82, 2.24) is 0 Å². The minimum atomic E-state index is -0.505. The highest BCUT2D eigenvalue weighted by Gasteiger charge is 2.18. The van der Waals surface area contributed by atoms with Gasteiger partial charge in [-0.05, 0) is 37.0 Å². The zero-order valence-corrected chi connectivity index (χ0v) is 11.7. The van der Waals surface area contributed by atoms with E-state index in [-0.39, 0.29) is 11.3 Å². The van der Waals surface area contributed by atoms with E-state index in [1.54, 1.807) is 12.1 Å². The second kappa shape index (κ2) is 8.38. The molecule has 1 N–H and O–H groups in total. The van der Waals surface area contributed by atoms with Gasteiger partial charge in [0, 0.05) is 6.54 Å². The lowest BCUT2D eigenvalue weighted by atomic mass is 10.1. The summed E-state index contributed by atoms with van der Waals surface area (Å²) >= 11 is 1.82. The second-order valence-electron chi connectivity index (χ2n) is 4.05. The summed E-state index contributed by atoms with van der Waals surface area (Å²) in [5, 5.41) is 22.9. The van der Waals surface area contributed by atoms with Crippen molar-refractivity contribution in [2.75, 3.05) is 23.9 Å². The number of hydrogen-bond acceptors (Lipinski definition) is 5. The molecule has 19 heavy (non-hydrogen) atoms. The van der Waals surface area contributed by atoms with E-state index in [0.29, 0.717) is 12.2 Å². The fourth-order valence-corrected chi connectivity index (χ4v) is 2.24. The maximum absolute atomic E-state index is 11.0. The number of nitrogens with zero attached hydrogens (tertiary/aromatic N) is 2. The lowest BCUT2D eigenvalue weighted by Crippen LogP contribution is -2.05. The van der Waals surface area contributed by atoms with E-state index < -0.39 is 4.92 Å². The molecule has 0 aromatic heterocycles. The minimum absolute atomic E-state index is 0.0948. The molecule has 0 bridgehead atoms. The van der Waals surface area contributed by atoms with Gasteiger partial charge in [-0.2, -0.15) is 17.0 Å². The van der Waals surface area contributed by atoms with Crippen LogP contribution in [0.5, 0.6) is 0 Å². The van der Waals surface area contributed by atoms with E-state index in [9.17, 15) is 10.1 Å². The van der Waals surface area contributed by atoms with E-state index in [2.05, 4.69) is 11.6 Å². The van der Waals surface area contributed by atoms with Crippen LogP contribution in [0.25, 0.3) is 0 Å². The fraction of sp³-hybridized carbons (Fsp3) is 0.462. The zero-order chi connectivity index (χ0) is 14.1. The summed E-state index contributed by atoms with van der Waals surface area (Å²) < 4.78 is 0. The van der Waals surface area contributed by atoms with Crippen LogP contribution >= 0.6 is 11.8 Å². The van der Waals surface area contributed by atoms with Gasteiger partial charge in [-0.25, -0.2) is 0 Å². The van der Waals surface area contributed by atoms with Crippen molar-refractivity contribution in [3.8, 4) is 6.07 Å². The smallest absolute Gasteiger partial charge is 0.309 e. The third kappa shape index (κ3) is 4.79. The molecule has 0 saturated heterocycles. The average molecular weight is 279 g/mol. The third-order valence-corrected chi connectivity index (χ3v) is 3.38. The third-order valence-electron chi connectivity index (χ3n) is 2.68. The lowest BCUT2D eigenvalue weighted by molar-refractivity contribution is -0.384. The minimum Gasteiger partial charge on any atom is -0.379 e. The fourth-order valence-electron chi connectivity index (χ4n) is 1.74. The van der Waals surface area contributed by atoms with Crippen molar-refractivity contribution in [3.63, 3.8) is 0 Å². The van der Waals surface area contributed by atoms with Gasteiger partial charge in [0.2, 0.25) is 0 Å². The second-order valence-corrected chi connectivity index (χ2v) is 5.04. The van der Waals surface area contributed by atoms with E-state index in [1.165, 1.54) is 6.07 Å². The average Bonchev–Trinajstić information content (AvgIpc) is 2.42. The molecule has 0 radical (unpaired) electrons. The summed E-state index contributed by atoms with van der Waals surface area (Å²) in [6.07, 6.45) is 5.30. The number of benzene rings is 1. The topological polar surface area (TPSA) is 79.0 Å². The Balaban J connectivity index is 2.59. The Hall–Kier alpha value is -1.74. The van der Waals surface area contributed by atoms with Gasteiger partial charge in [0.05, 0.1) is 4.92 Å². The van der Waals surface area contributed by atoms with Crippen LogP contribution in [0.2, 0.25) is 0 Å². The summed E-state index contributed by atoms with van der Waals surface area (Å²) in [5.74, 6) is 1.14. The van der Waals surface area contributed by atoms with E-state index in [1.807, 2.05) is 17.8 Å². The Bertz CT molecular complexity index is 471. The molecule has 1 aromatic carbocycles. The van der Waals surface area contributed by atoms with Crippen LogP contribution < -0.4 is 5.32 Å². The van der Waals surface area contributed by atoms with Crippen molar-refractivity contribution in [3.05, 3.63) is 33.9 Å². The van der Waals surface area contributed by atoms with E-state index >= 15 is 0 Å². The number of rotatable bonds is 8. The van der Waals surface area contributed by atoms with Gasteiger partial charge < -0.3 is 5.32 Å². The highest BCUT2D eigenvalue weighted by molar-refractivity contribution is 7.98. The van der Waals surface area contributed by atoms with Crippen LogP contribution in [0.1, 0.15) is 24.8 Å². The summed E-state index contributed by atoms with van der Waals surface area (Å²) in [7, 11) is 0. The first-order valence-corrected chi connectivity index (χ1v) is 7.50. The molecule has 1 rings (SSSR count). The van der Waals surface area contributed by atoms with E-state index in [0.717, 1.165) is 25.0 Å². The Morgan fingerprint density at radius 2 is 2.21 bits per heavy atom. The summed E-state index contributed by atoms with van der Waals surface area (Å²) in [6, 6.07) is 6.61. The van der Waals surface area contributed by atoms with Gasteiger partial charge in [-0.1, -0.05) is 12.5 Å².